The van der Waals surface area contributed by atoms with Crippen LogP contribution in [0, 0.1) is 0 Å². The van der Waals surface area contributed by atoms with Gasteiger partial charge >= 0.3 is 18.4 Å². The summed E-state index contributed by atoms with van der Waals surface area (Å²) in [6.07, 6.45) is -3.32. The fourth-order valence-corrected chi connectivity index (χ4v) is 3.76. The molecule has 2 amide bonds. The second kappa shape index (κ2) is 10.2. The third kappa shape index (κ3) is 7.02. The second-order valence-corrected chi connectivity index (χ2v) is 7.38. The number of nitrogens with one attached hydrogen (secondary N) is 2. The number of anilines is 1. The number of halogens is 6. The Kier molecular flexibility index (Phi) is 8.16. The summed E-state index contributed by atoms with van der Waals surface area (Å²) in [7, 11) is 0. The quantitative estimate of drug-likeness (QED) is 0.406. The van der Waals surface area contributed by atoms with Crippen LogP contribution in [0.4, 0.5) is 36.8 Å². The lowest BCUT2D eigenvalue weighted by Gasteiger charge is -2.39. The molecule has 0 spiro atoms. The lowest BCUT2D eigenvalue weighted by Crippen LogP contribution is -2.54. The van der Waals surface area contributed by atoms with E-state index in [-0.39, 0.29) is 18.2 Å². The Bertz CT molecular complexity index is 748. The standard InChI is InChI=1S/C21H25F6N3O/c1-3-9-30(10-4-2)18-8-6-5-7-17(18)29-19(31)28-16-12-14(20(22,23)24)11-15(13-16)21(25,26)27/h3-4,11-13,17-18H,1-2,5-10H2,(H2,28,29,31)/t17-,18-/m1/s1. The predicted molar refractivity (Wildman–Crippen MR) is 107 cm³/mol. The van der Waals surface area contributed by atoms with Gasteiger partial charge in [0.05, 0.1) is 11.1 Å². The van der Waals surface area contributed by atoms with Crippen LogP contribution >= 0.6 is 0 Å². The van der Waals surface area contributed by atoms with Crippen molar-refractivity contribution in [3.05, 3.63) is 54.6 Å². The number of amides is 2. The lowest BCUT2D eigenvalue weighted by atomic mass is 9.89. The number of carbonyl (C=O) groups is 1. The molecular weight excluding hydrogens is 424 g/mol. The Morgan fingerprint density at radius 3 is 1.97 bits per heavy atom. The molecule has 1 saturated carbocycles. The smallest absolute Gasteiger partial charge is 0.334 e. The van der Waals surface area contributed by atoms with Crippen LogP contribution in [0.25, 0.3) is 0 Å². The van der Waals surface area contributed by atoms with Gasteiger partial charge in [-0.3, -0.25) is 4.90 Å². The summed E-state index contributed by atoms with van der Waals surface area (Å²) in [4.78, 5) is 14.5. The molecule has 1 aliphatic carbocycles. The first-order valence-corrected chi connectivity index (χ1v) is 9.78. The summed E-state index contributed by atoms with van der Waals surface area (Å²) in [5.74, 6) is 0. The van der Waals surface area contributed by atoms with Crippen molar-refractivity contribution < 1.29 is 31.1 Å². The first-order valence-electron chi connectivity index (χ1n) is 9.78. The Morgan fingerprint density at radius 2 is 1.48 bits per heavy atom. The van der Waals surface area contributed by atoms with Gasteiger partial charge in [0, 0.05) is 30.9 Å². The minimum atomic E-state index is -4.99. The van der Waals surface area contributed by atoms with E-state index >= 15 is 0 Å². The SMILES string of the molecule is C=CCN(CC=C)[C@@H]1CCCC[C@H]1NC(=O)Nc1cc(C(F)(F)F)cc(C(F)(F)F)c1. The van der Waals surface area contributed by atoms with E-state index < -0.39 is 35.2 Å². The van der Waals surface area contributed by atoms with Crippen molar-refractivity contribution in [2.24, 2.45) is 0 Å². The monoisotopic (exact) mass is 449 g/mol. The largest absolute Gasteiger partial charge is 0.416 e. The molecule has 0 saturated heterocycles. The zero-order valence-electron chi connectivity index (χ0n) is 16.8. The number of urea groups is 1. The zero-order chi connectivity index (χ0) is 23.2. The topological polar surface area (TPSA) is 44.4 Å². The number of benzene rings is 1. The molecule has 0 aliphatic heterocycles. The number of nitrogens with zero attached hydrogens (tertiary/aromatic N) is 1. The number of hydrogen-bond donors (Lipinski definition) is 2. The van der Waals surface area contributed by atoms with Crippen LogP contribution < -0.4 is 10.6 Å². The summed E-state index contributed by atoms with van der Waals surface area (Å²) >= 11 is 0. The molecule has 10 heteroatoms. The minimum absolute atomic E-state index is 0.0166. The van der Waals surface area contributed by atoms with Gasteiger partial charge in [-0.2, -0.15) is 26.3 Å². The van der Waals surface area contributed by atoms with Gasteiger partial charge in [-0.1, -0.05) is 25.0 Å². The van der Waals surface area contributed by atoms with Gasteiger partial charge in [0.1, 0.15) is 0 Å². The average Bonchev–Trinajstić information content (AvgIpc) is 2.66. The van der Waals surface area contributed by atoms with Crippen molar-refractivity contribution in [3.63, 3.8) is 0 Å². The third-order valence-electron chi connectivity index (χ3n) is 5.09. The van der Waals surface area contributed by atoms with Crippen molar-refractivity contribution in [2.75, 3.05) is 18.4 Å². The van der Waals surface area contributed by atoms with Gasteiger partial charge in [0.15, 0.2) is 0 Å². The molecule has 1 fully saturated rings. The van der Waals surface area contributed by atoms with Crippen molar-refractivity contribution in [1.82, 2.24) is 10.2 Å². The summed E-state index contributed by atoms with van der Waals surface area (Å²) in [6.45, 7) is 8.54. The molecule has 31 heavy (non-hydrogen) atoms. The third-order valence-corrected chi connectivity index (χ3v) is 5.09. The molecule has 0 bridgehead atoms. The van der Waals surface area contributed by atoms with Crippen molar-refractivity contribution in [2.45, 2.75) is 50.1 Å². The summed E-state index contributed by atoms with van der Waals surface area (Å²) < 4.78 is 78.1. The van der Waals surface area contributed by atoms with E-state index in [0.717, 1.165) is 19.3 Å². The van der Waals surface area contributed by atoms with E-state index in [2.05, 4.69) is 28.7 Å². The summed E-state index contributed by atoms with van der Waals surface area (Å²) in [5, 5.41) is 4.84. The molecule has 2 N–H and O–H groups in total. The van der Waals surface area contributed by atoms with E-state index in [1.54, 1.807) is 12.2 Å². The van der Waals surface area contributed by atoms with Gasteiger partial charge in [-0.05, 0) is 31.0 Å². The van der Waals surface area contributed by atoms with Crippen LogP contribution in [0.5, 0.6) is 0 Å². The highest BCUT2D eigenvalue weighted by Gasteiger charge is 2.37. The summed E-state index contributed by atoms with van der Waals surface area (Å²) in [5.41, 5.74) is -3.56. The highest BCUT2D eigenvalue weighted by molar-refractivity contribution is 5.89. The maximum Gasteiger partial charge on any atom is 0.416 e. The maximum absolute atomic E-state index is 13.0. The van der Waals surface area contributed by atoms with Gasteiger partial charge in [-0.15, -0.1) is 13.2 Å². The molecule has 2 atom stereocenters. The van der Waals surface area contributed by atoms with Gasteiger partial charge < -0.3 is 10.6 Å². The Hall–Kier alpha value is -2.49. The van der Waals surface area contributed by atoms with Crippen LogP contribution in [0.15, 0.2) is 43.5 Å². The van der Waals surface area contributed by atoms with E-state index in [4.69, 9.17) is 0 Å². The van der Waals surface area contributed by atoms with E-state index in [9.17, 15) is 31.1 Å². The average molecular weight is 449 g/mol. The van der Waals surface area contributed by atoms with Gasteiger partial charge in [0.25, 0.3) is 0 Å². The Balaban J connectivity index is 2.20. The first kappa shape index (κ1) is 24.8. The number of rotatable bonds is 7. The molecule has 1 aliphatic rings. The number of hydrogen-bond acceptors (Lipinski definition) is 2. The van der Waals surface area contributed by atoms with Crippen LogP contribution in [-0.2, 0) is 12.4 Å². The van der Waals surface area contributed by atoms with Crippen LogP contribution in [0.1, 0.15) is 36.8 Å². The molecule has 0 unspecified atom stereocenters. The fourth-order valence-electron chi connectivity index (χ4n) is 3.76. The first-order chi connectivity index (χ1) is 14.5. The molecular formula is C21H25F6N3O. The Morgan fingerprint density at radius 1 is 0.968 bits per heavy atom. The second-order valence-electron chi connectivity index (χ2n) is 7.38. The normalized spacial score (nSPS) is 19.7. The fraction of sp³-hybridized carbons (Fsp3) is 0.476. The van der Waals surface area contributed by atoms with Crippen LogP contribution in [0.3, 0.4) is 0 Å². The van der Waals surface area contributed by atoms with Crippen molar-refractivity contribution >= 4 is 11.7 Å². The number of carbonyl (C=O) groups excluding carboxylic acids is 1. The van der Waals surface area contributed by atoms with Gasteiger partial charge in [-0.25, -0.2) is 4.79 Å². The van der Waals surface area contributed by atoms with Crippen molar-refractivity contribution in [3.8, 4) is 0 Å². The molecule has 0 radical (unpaired) electrons. The number of alkyl halides is 6. The van der Waals surface area contributed by atoms with Gasteiger partial charge in [0.2, 0.25) is 0 Å². The predicted octanol–water partition coefficient (Wildman–Crippen LogP) is 5.83. The highest BCUT2D eigenvalue weighted by atomic mass is 19.4. The molecule has 172 valence electrons. The zero-order valence-corrected chi connectivity index (χ0v) is 16.8. The van der Waals surface area contributed by atoms with Crippen molar-refractivity contribution in [1.29, 1.82) is 0 Å². The summed E-state index contributed by atoms with van der Waals surface area (Å²) in [6, 6.07) is -0.252. The molecule has 2 rings (SSSR count). The highest BCUT2D eigenvalue weighted by Crippen LogP contribution is 2.37. The maximum atomic E-state index is 13.0. The van der Waals surface area contributed by atoms with E-state index in [0.29, 0.717) is 31.6 Å². The lowest BCUT2D eigenvalue weighted by molar-refractivity contribution is -0.143. The molecule has 0 heterocycles. The van der Waals surface area contributed by atoms with E-state index in [1.165, 1.54) is 0 Å². The Labute approximate surface area is 177 Å². The molecule has 1 aromatic rings. The van der Waals surface area contributed by atoms with Crippen LogP contribution in [0.2, 0.25) is 0 Å². The molecule has 4 nitrogen and oxygen atoms in total. The molecule has 1 aromatic carbocycles. The minimum Gasteiger partial charge on any atom is -0.334 e. The van der Waals surface area contributed by atoms with Crippen LogP contribution in [-0.4, -0.2) is 36.1 Å². The van der Waals surface area contributed by atoms with E-state index in [1.807, 2.05) is 0 Å². The molecule has 0 aromatic heterocycles.